The molecule has 4 nitrogen and oxygen atoms in total. The molecular weight excluding hydrogens is 442 g/mol. The number of nitrogens with one attached hydrogen (secondary N) is 1. The SMILES string of the molecule is O=c1nc(-c2ccccc2)c2ccccc2[nH]1.c1ccc(N(c2ccccc2)c2ccccc2)cc1. The van der Waals surface area contributed by atoms with Crippen LogP contribution in [0.1, 0.15) is 0 Å². The summed E-state index contributed by atoms with van der Waals surface area (Å²) in [5, 5.41) is 0.957. The maximum absolute atomic E-state index is 11.5. The van der Waals surface area contributed by atoms with E-state index < -0.39 is 0 Å². The molecule has 0 saturated carbocycles. The highest BCUT2D eigenvalue weighted by atomic mass is 16.1. The second-order valence-corrected chi connectivity index (χ2v) is 8.14. The molecular formula is C32H25N3O. The topological polar surface area (TPSA) is 49.0 Å². The number of benzene rings is 5. The number of H-pyrrole nitrogens is 1. The van der Waals surface area contributed by atoms with Crippen LogP contribution in [0, 0.1) is 0 Å². The molecule has 0 bridgehead atoms. The molecule has 0 aliphatic rings. The van der Waals surface area contributed by atoms with Crippen LogP contribution >= 0.6 is 0 Å². The first-order valence-corrected chi connectivity index (χ1v) is 11.8. The van der Waals surface area contributed by atoms with Crippen LogP contribution in [0.3, 0.4) is 0 Å². The minimum Gasteiger partial charge on any atom is -0.311 e. The van der Waals surface area contributed by atoms with Crippen molar-refractivity contribution in [2.45, 2.75) is 0 Å². The Morgan fingerprint density at radius 3 is 1.42 bits per heavy atom. The number of hydrogen-bond acceptors (Lipinski definition) is 3. The summed E-state index contributed by atoms with van der Waals surface area (Å²) in [6.45, 7) is 0. The van der Waals surface area contributed by atoms with E-state index in [4.69, 9.17) is 0 Å². The molecule has 1 aromatic heterocycles. The number of aromatic amines is 1. The largest absolute Gasteiger partial charge is 0.345 e. The van der Waals surface area contributed by atoms with Crippen molar-refractivity contribution in [3.05, 3.63) is 156 Å². The van der Waals surface area contributed by atoms with Crippen LogP contribution < -0.4 is 10.6 Å². The Labute approximate surface area is 210 Å². The number of fused-ring (bicyclic) bond motifs is 1. The van der Waals surface area contributed by atoms with Crippen LogP contribution in [0.25, 0.3) is 22.2 Å². The van der Waals surface area contributed by atoms with E-state index in [1.807, 2.05) is 72.8 Å². The average Bonchev–Trinajstić information content (AvgIpc) is 2.95. The Morgan fingerprint density at radius 1 is 0.500 bits per heavy atom. The molecule has 0 aliphatic carbocycles. The van der Waals surface area contributed by atoms with Gasteiger partial charge < -0.3 is 9.88 Å². The first-order valence-electron chi connectivity index (χ1n) is 11.8. The van der Waals surface area contributed by atoms with Crippen LogP contribution in [-0.2, 0) is 0 Å². The summed E-state index contributed by atoms with van der Waals surface area (Å²) in [5.41, 5.74) is 5.67. The minimum absolute atomic E-state index is 0.317. The molecule has 6 aromatic rings. The molecule has 6 rings (SSSR count). The molecule has 0 unspecified atom stereocenters. The Morgan fingerprint density at radius 2 is 0.917 bits per heavy atom. The van der Waals surface area contributed by atoms with E-state index in [1.54, 1.807) is 0 Å². The molecule has 0 spiro atoms. The minimum atomic E-state index is -0.317. The second-order valence-electron chi connectivity index (χ2n) is 8.14. The Hall–Kier alpha value is -4.96. The molecule has 0 amide bonds. The summed E-state index contributed by atoms with van der Waals surface area (Å²) in [6.07, 6.45) is 0. The fraction of sp³-hybridized carbons (Fsp3) is 0. The van der Waals surface area contributed by atoms with Crippen LogP contribution in [0.4, 0.5) is 17.1 Å². The number of para-hydroxylation sites is 4. The van der Waals surface area contributed by atoms with Crippen molar-refractivity contribution in [2.24, 2.45) is 0 Å². The van der Waals surface area contributed by atoms with Crippen LogP contribution in [0.5, 0.6) is 0 Å². The van der Waals surface area contributed by atoms with E-state index in [0.29, 0.717) is 0 Å². The van der Waals surface area contributed by atoms with E-state index in [1.165, 1.54) is 17.1 Å². The van der Waals surface area contributed by atoms with Crippen molar-refractivity contribution >= 4 is 28.0 Å². The lowest BCUT2D eigenvalue weighted by molar-refractivity contribution is 1.12. The van der Waals surface area contributed by atoms with Gasteiger partial charge in [-0.15, -0.1) is 0 Å². The Balaban J connectivity index is 0.000000149. The van der Waals surface area contributed by atoms with Gasteiger partial charge in [-0.05, 0) is 42.5 Å². The average molecular weight is 468 g/mol. The highest BCUT2D eigenvalue weighted by molar-refractivity contribution is 5.91. The molecule has 174 valence electrons. The number of rotatable bonds is 4. The summed E-state index contributed by atoms with van der Waals surface area (Å²) < 4.78 is 0. The van der Waals surface area contributed by atoms with Gasteiger partial charge in [-0.3, -0.25) is 0 Å². The summed E-state index contributed by atoms with van der Waals surface area (Å²) in [5.74, 6) is 0. The zero-order chi connectivity index (χ0) is 24.6. The van der Waals surface area contributed by atoms with Gasteiger partial charge in [-0.25, -0.2) is 4.79 Å². The van der Waals surface area contributed by atoms with E-state index in [2.05, 4.69) is 87.7 Å². The maximum atomic E-state index is 11.5. The van der Waals surface area contributed by atoms with Gasteiger partial charge in [0.25, 0.3) is 0 Å². The van der Waals surface area contributed by atoms with Crippen LogP contribution in [-0.4, -0.2) is 9.97 Å². The quantitative estimate of drug-likeness (QED) is 0.288. The monoisotopic (exact) mass is 467 g/mol. The van der Waals surface area contributed by atoms with Crippen LogP contribution in [0.15, 0.2) is 150 Å². The lowest BCUT2D eigenvalue weighted by Gasteiger charge is -2.25. The normalized spacial score (nSPS) is 10.3. The summed E-state index contributed by atoms with van der Waals surface area (Å²) in [6, 6.07) is 48.6. The molecule has 0 saturated heterocycles. The summed E-state index contributed by atoms with van der Waals surface area (Å²) in [4.78, 5) is 20.6. The van der Waals surface area contributed by atoms with Gasteiger partial charge in [-0.1, -0.05) is 103 Å². The van der Waals surface area contributed by atoms with E-state index in [-0.39, 0.29) is 5.69 Å². The fourth-order valence-corrected chi connectivity index (χ4v) is 4.10. The van der Waals surface area contributed by atoms with Gasteiger partial charge >= 0.3 is 5.69 Å². The van der Waals surface area contributed by atoms with E-state index in [9.17, 15) is 4.79 Å². The van der Waals surface area contributed by atoms with Crippen molar-refractivity contribution in [3.63, 3.8) is 0 Å². The van der Waals surface area contributed by atoms with Gasteiger partial charge in [0.05, 0.1) is 11.2 Å². The summed E-state index contributed by atoms with van der Waals surface area (Å²) in [7, 11) is 0. The first-order chi connectivity index (χ1) is 17.8. The smallest absolute Gasteiger partial charge is 0.311 e. The van der Waals surface area contributed by atoms with Gasteiger partial charge in [0, 0.05) is 28.0 Å². The third-order valence-corrected chi connectivity index (χ3v) is 5.73. The molecule has 0 radical (unpaired) electrons. The first kappa shape index (κ1) is 22.8. The number of aromatic nitrogens is 2. The van der Waals surface area contributed by atoms with E-state index in [0.717, 1.165) is 22.2 Å². The molecule has 5 aromatic carbocycles. The maximum Gasteiger partial charge on any atom is 0.345 e. The summed E-state index contributed by atoms with van der Waals surface area (Å²) >= 11 is 0. The molecule has 4 heteroatoms. The predicted octanol–water partition coefficient (Wildman–Crippen LogP) is 7.75. The van der Waals surface area contributed by atoms with Crippen molar-refractivity contribution in [2.75, 3.05) is 4.90 Å². The van der Waals surface area contributed by atoms with E-state index >= 15 is 0 Å². The van der Waals surface area contributed by atoms with Crippen LogP contribution in [0.2, 0.25) is 0 Å². The third-order valence-electron chi connectivity index (χ3n) is 5.73. The fourth-order valence-electron chi connectivity index (χ4n) is 4.10. The number of nitrogens with zero attached hydrogens (tertiary/aromatic N) is 2. The van der Waals surface area contributed by atoms with Gasteiger partial charge in [0.2, 0.25) is 0 Å². The van der Waals surface area contributed by atoms with Crippen molar-refractivity contribution in [1.29, 1.82) is 0 Å². The molecule has 0 atom stereocenters. The molecule has 36 heavy (non-hydrogen) atoms. The third kappa shape index (κ3) is 5.24. The molecule has 1 N–H and O–H groups in total. The predicted molar refractivity (Wildman–Crippen MR) is 149 cm³/mol. The van der Waals surface area contributed by atoms with Gasteiger partial charge in [0.15, 0.2) is 0 Å². The standard InChI is InChI=1S/C18H15N.C14H10N2O/c1-4-10-16(11-5-1)19(17-12-6-2-7-13-17)18-14-8-3-9-15-18;17-14-15-12-9-5-4-8-11(12)13(16-14)10-6-2-1-3-7-10/h1-15H;1-9H,(H,15,16,17). The van der Waals surface area contributed by atoms with Crippen molar-refractivity contribution < 1.29 is 0 Å². The zero-order valence-electron chi connectivity index (χ0n) is 19.7. The Kier molecular flexibility index (Phi) is 6.96. The lowest BCUT2D eigenvalue weighted by atomic mass is 10.1. The Bertz CT molecular complexity index is 1490. The lowest BCUT2D eigenvalue weighted by Crippen LogP contribution is -2.11. The van der Waals surface area contributed by atoms with Gasteiger partial charge in [-0.2, -0.15) is 4.98 Å². The van der Waals surface area contributed by atoms with Gasteiger partial charge in [0.1, 0.15) is 0 Å². The van der Waals surface area contributed by atoms with Crippen molar-refractivity contribution in [1.82, 2.24) is 9.97 Å². The highest BCUT2D eigenvalue weighted by Gasteiger charge is 2.10. The second kappa shape index (κ2) is 11.0. The number of hydrogen-bond donors (Lipinski definition) is 1. The number of anilines is 3. The molecule has 0 fully saturated rings. The zero-order valence-corrected chi connectivity index (χ0v) is 19.7. The van der Waals surface area contributed by atoms with Crippen molar-refractivity contribution in [3.8, 4) is 11.3 Å². The highest BCUT2D eigenvalue weighted by Crippen LogP contribution is 2.33. The molecule has 0 aliphatic heterocycles. The molecule has 1 heterocycles.